The summed E-state index contributed by atoms with van der Waals surface area (Å²) in [6.45, 7) is 3.91. The molecule has 0 bridgehead atoms. The Hall–Kier alpha value is -0.590. The Morgan fingerprint density at radius 1 is 1.62 bits per heavy atom. The van der Waals surface area contributed by atoms with E-state index in [-0.39, 0.29) is 0 Å². The van der Waals surface area contributed by atoms with E-state index in [1.807, 2.05) is 0 Å². The summed E-state index contributed by atoms with van der Waals surface area (Å²) >= 11 is 0. The molecule has 0 amide bonds. The Bertz CT molecular complexity index is 203. The van der Waals surface area contributed by atoms with Gasteiger partial charge in [0, 0.05) is 0 Å². The predicted molar refractivity (Wildman–Crippen MR) is 55.6 cm³/mol. The minimum absolute atomic E-state index is 0.292. The van der Waals surface area contributed by atoms with Crippen LogP contribution in [0.2, 0.25) is 0 Å². The largest absolute Gasteiger partial charge is 0.295 e. The van der Waals surface area contributed by atoms with Crippen molar-refractivity contribution in [2.75, 3.05) is 0 Å². The van der Waals surface area contributed by atoms with Crippen molar-refractivity contribution in [2.45, 2.75) is 52.4 Å². The summed E-state index contributed by atoms with van der Waals surface area (Å²) in [5.74, 6) is 0.868. The van der Waals surface area contributed by atoms with Crippen molar-refractivity contribution in [2.24, 2.45) is 5.92 Å². The molecule has 1 nitrogen and oxygen atoms in total. The van der Waals surface area contributed by atoms with Gasteiger partial charge >= 0.3 is 0 Å². The van der Waals surface area contributed by atoms with Gasteiger partial charge in [-0.15, -0.1) is 0 Å². The first kappa shape index (κ1) is 10.5. The molecule has 0 aromatic heterocycles. The first-order valence-electron chi connectivity index (χ1n) is 5.46. The molecule has 1 rings (SSSR count). The predicted octanol–water partition coefficient (Wildman–Crippen LogP) is 3.49. The van der Waals surface area contributed by atoms with E-state index < -0.39 is 0 Å². The fourth-order valence-electron chi connectivity index (χ4n) is 2.13. The summed E-state index contributed by atoms with van der Waals surface area (Å²) in [6, 6.07) is 0. The molecule has 0 fully saturated rings. The first-order chi connectivity index (χ1) is 6.25. The minimum Gasteiger partial charge on any atom is -0.295 e. The zero-order valence-corrected chi connectivity index (χ0v) is 8.81. The lowest BCUT2D eigenvalue weighted by molar-refractivity contribution is -0.114. The Morgan fingerprint density at radius 2 is 2.38 bits per heavy atom. The van der Waals surface area contributed by atoms with Gasteiger partial charge in [-0.25, -0.2) is 0 Å². The van der Waals surface area contributed by atoms with Crippen LogP contribution in [-0.4, -0.2) is 5.78 Å². The van der Waals surface area contributed by atoms with Crippen molar-refractivity contribution in [1.82, 2.24) is 0 Å². The average molecular weight is 180 g/mol. The van der Waals surface area contributed by atoms with Crippen molar-refractivity contribution in [1.29, 1.82) is 0 Å². The quantitative estimate of drug-likeness (QED) is 0.647. The van der Waals surface area contributed by atoms with Gasteiger partial charge in [-0.05, 0) is 44.1 Å². The highest BCUT2D eigenvalue weighted by molar-refractivity contribution is 5.93. The van der Waals surface area contributed by atoms with Crippen LogP contribution in [0.5, 0.6) is 0 Å². The number of carbonyl (C=O) groups excluding carboxylic acids is 1. The highest BCUT2D eigenvalue weighted by atomic mass is 16.1. The highest BCUT2D eigenvalue weighted by Gasteiger charge is 2.19. The molecule has 0 heterocycles. The molecule has 0 saturated carbocycles. The summed E-state index contributed by atoms with van der Waals surface area (Å²) in [5, 5.41) is 0. The highest BCUT2D eigenvalue weighted by Crippen LogP contribution is 2.29. The molecule has 13 heavy (non-hydrogen) atoms. The third kappa shape index (κ3) is 2.98. The smallest absolute Gasteiger partial charge is 0.155 e. The molecule has 74 valence electrons. The van der Waals surface area contributed by atoms with Crippen LogP contribution in [0.1, 0.15) is 52.4 Å². The third-order valence-corrected chi connectivity index (χ3v) is 2.87. The van der Waals surface area contributed by atoms with Gasteiger partial charge in [-0.1, -0.05) is 25.8 Å². The van der Waals surface area contributed by atoms with Gasteiger partial charge in [0.15, 0.2) is 5.78 Å². The summed E-state index contributed by atoms with van der Waals surface area (Å²) in [6.07, 6.45) is 9.47. The van der Waals surface area contributed by atoms with E-state index in [9.17, 15) is 4.79 Å². The average Bonchev–Trinajstić information content (AvgIpc) is 2.15. The maximum Gasteiger partial charge on any atom is 0.155 e. The number of Topliss-reactive ketones (excluding diaryl/α,β-unsaturated/α-hetero) is 1. The Balaban J connectivity index is 2.54. The van der Waals surface area contributed by atoms with Crippen LogP contribution < -0.4 is 0 Å². The molecule has 0 saturated heterocycles. The van der Waals surface area contributed by atoms with E-state index in [0.717, 1.165) is 12.0 Å². The number of unbranched alkanes of at least 4 members (excludes halogenated alkanes) is 1. The van der Waals surface area contributed by atoms with E-state index >= 15 is 0 Å². The molecule has 0 aliphatic heterocycles. The lowest BCUT2D eigenvalue weighted by atomic mass is 9.82. The molecule has 0 radical (unpaired) electrons. The molecular weight excluding hydrogens is 160 g/mol. The Labute approximate surface area is 81.2 Å². The van der Waals surface area contributed by atoms with Crippen LogP contribution in [0.4, 0.5) is 0 Å². The second kappa shape index (κ2) is 5.21. The molecule has 1 heteroatoms. The second-order valence-corrected chi connectivity index (χ2v) is 3.99. The van der Waals surface area contributed by atoms with Crippen LogP contribution in [0, 0.1) is 5.92 Å². The van der Waals surface area contributed by atoms with Crippen molar-refractivity contribution in [3.05, 3.63) is 11.6 Å². The van der Waals surface area contributed by atoms with Crippen molar-refractivity contribution in [3.8, 4) is 0 Å². The van der Waals surface area contributed by atoms with Gasteiger partial charge in [0.2, 0.25) is 0 Å². The number of hydrogen-bond acceptors (Lipinski definition) is 1. The van der Waals surface area contributed by atoms with Crippen LogP contribution in [-0.2, 0) is 4.79 Å². The lowest BCUT2D eigenvalue weighted by Gasteiger charge is -2.22. The second-order valence-electron chi connectivity index (χ2n) is 3.99. The molecule has 1 atom stereocenters. The van der Waals surface area contributed by atoms with Gasteiger partial charge in [-0.3, -0.25) is 4.79 Å². The monoisotopic (exact) mass is 180 g/mol. The third-order valence-electron chi connectivity index (χ3n) is 2.87. The summed E-state index contributed by atoms with van der Waals surface area (Å²) in [4.78, 5) is 11.3. The van der Waals surface area contributed by atoms with E-state index in [1.165, 1.54) is 32.1 Å². The summed E-state index contributed by atoms with van der Waals surface area (Å²) in [7, 11) is 0. The van der Waals surface area contributed by atoms with Gasteiger partial charge < -0.3 is 0 Å². The van der Waals surface area contributed by atoms with Crippen LogP contribution in [0.25, 0.3) is 0 Å². The zero-order valence-electron chi connectivity index (χ0n) is 8.81. The van der Waals surface area contributed by atoms with E-state index in [2.05, 4.69) is 13.0 Å². The minimum atomic E-state index is 0.292. The maximum absolute atomic E-state index is 11.3. The fraction of sp³-hybridized carbons (Fsp3) is 0.750. The van der Waals surface area contributed by atoms with E-state index in [1.54, 1.807) is 6.92 Å². The number of allylic oxidation sites excluding steroid dienone is 2. The first-order valence-corrected chi connectivity index (χ1v) is 5.46. The SMILES string of the molecule is CCCCC1CCCC=C1C(C)=O. The van der Waals surface area contributed by atoms with Crippen LogP contribution in [0.3, 0.4) is 0 Å². The fourth-order valence-corrected chi connectivity index (χ4v) is 2.13. The van der Waals surface area contributed by atoms with E-state index in [0.29, 0.717) is 11.7 Å². The molecule has 0 aromatic carbocycles. The van der Waals surface area contributed by atoms with Crippen molar-refractivity contribution < 1.29 is 4.79 Å². The molecule has 0 spiro atoms. The zero-order chi connectivity index (χ0) is 9.68. The van der Waals surface area contributed by atoms with Crippen molar-refractivity contribution in [3.63, 3.8) is 0 Å². The molecule has 0 aromatic rings. The molecular formula is C12H20O. The number of carbonyl (C=O) groups is 1. The topological polar surface area (TPSA) is 17.1 Å². The molecule has 1 aliphatic carbocycles. The van der Waals surface area contributed by atoms with Gasteiger partial charge in [0.25, 0.3) is 0 Å². The molecule has 1 aliphatic rings. The van der Waals surface area contributed by atoms with Gasteiger partial charge in [0.1, 0.15) is 0 Å². The van der Waals surface area contributed by atoms with Gasteiger partial charge in [0.05, 0.1) is 0 Å². The molecule has 1 unspecified atom stereocenters. The Morgan fingerprint density at radius 3 is 3.00 bits per heavy atom. The standard InChI is InChI=1S/C12H20O/c1-3-4-7-11-8-5-6-9-12(11)10(2)13/h9,11H,3-8H2,1-2H3. The van der Waals surface area contributed by atoms with Crippen molar-refractivity contribution >= 4 is 5.78 Å². The van der Waals surface area contributed by atoms with Crippen LogP contribution >= 0.6 is 0 Å². The number of rotatable bonds is 4. The normalized spacial score (nSPS) is 22.6. The number of ketones is 1. The Kier molecular flexibility index (Phi) is 4.20. The van der Waals surface area contributed by atoms with Crippen LogP contribution in [0.15, 0.2) is 11.6 Å². The molecule has 0 N–H and O–H groups in total. The lowest BCUT2D eigenvalue weighted by Crippen LogP contribution is -2.14. The summed E-state index contributed by atoms with van der Waals surface area (Å²) < 4.78 is 0. The van der Waals surface area contributed by atoms with Gasteiger partial charge in [-0.2, -0.15) is 0 Å². The maximum atomic E-state index is 11.3. The summed E-state index contributed by atoms with van der Waals surface area (Å²) in [5.41, 5.74) is 1.11. The van der Waals surface area contributed by atoms with E-state index in [4.69, 9.17) is 0 Å². The number of hydrogen-bond donors (Lipinski definition) is 0.